The highest BCUT2D eigenvalue weighted by Crippen LogP contribution is 2.22. The fourth-order valence-corrected chi connectivity index (χ4v) is 2.34. The maximum atomic E-state index is 13.8. The van der Waals surface area contributed by atoms with Crippen molar-refractivity contribution in [3.63, 3.8) is 0 Å². The molecule has 0 radical (unpaired) electrons. The fourth-order valence-electron chi connectivity index (χ4n) is 2.34. The second-order valence-corrected chi connectivity index (χ2v) is 5.64. The number of ether oxygens (including phenoxy) is 2. The van der Waals surface area contributed by atoms with Gasteiger partial charge in [-0.1, -0.05) is 6.07 Å². The van der Waals surface area contributed by atoms with Crippen LogP contribution in [0, 0.1) is 11.6 Å². The number of hydrogen-bond acceptors (Lipinski definition) is 4. The number of carbonyl (C=O) groups excluding carboxylic acids is 1. The zero-order chi connectivity index (χ0) is 19.8. The summed E-state index contributed by atoms with van der Waals surface area (Å²) in [5.41, 5.74) is 0.0942. The molecule has 0 fully saturated rings. The third-order valence-corrected chi connectivity index (χ3v) is 3.69. The van der Waals surface area contributed by atoms with E-state index in [1.807, 2.05) is 0 Å². The second kappa shape index (κ2) is 9.51. The van der Waals surface area contributed by atoms with Gasteiger partial charge in [0.15, 0.2) is 17.6 Å². The van der Waals surface area contributed by atoms with Gasteiger partial charge in [0, 0.05) is 6.42 Å². The summed E-state index contributed by atoms with van der Waals surface area (Å²) < 4.78 is 36.7. The van der Waals surface area contributed by atoms with Crippen molar-refractivity contribution < 1.29 is 33.0 Å². The number of methoxy groups -OCH3 is 1. The highest BCUT2D eigenvalue weighted by molar-refractivity contribution is 5.84. The number of nitrogens with one attached hydrogen (secondary N) is 1. The van der Waals surface area contributed by atoms with Gasteiger partial charge in [-0.15, -0.1) is 0 Å². The molecule has 0 bridgehead atoms. The Morgan fingerprint density at radius 3 is 2.44 bits per heavy atom. The monoisotopic (exact) mass is 379 g/mol. The first-order valence-corrected chi connectivity index (χ1v) is 8.14. The molecule has 0 aliphatic carbocycles. The number of amides is 1. The molecule has 0 aromatic heterocycles. The van der Waals surface area contributed by atoms with Gasteiger partial charge in [-0.05, 0) is 48.4 Å². The van der Waals surface area contributed by atoms with Crippen molar-refractivity contribution in [3.05, 3.63) is 59.7 Å². The van der Waals surface area contributed by atoms with E-state index in [2.05, 4.69) is 5.32 Å². The molecule has 0 saturated heterocycles. The molecule has 2 rings (SSSR count). The summed E-state index contributed by atoms with van der Waals surface area (Å²) in [6.07, 6.45) is 0.343. The Labute approximate surface area is 154 Å². The molecule has 1 atom stereocenters. The Morgan fingerprint density at radius 1 is 1.15 bits per heavy atom. The molecule has 8 heteroatoms. The first-order valence-electron chi connectivity index (χ1n) is 8.14. The van der Waals surface area contributed by atoms with Crippen molar-refractivity contribution in [2.45, 2.75) is 18.9 Å². The number of rotatable bonds is 9. The van der Waals surface area contributed by atoms with E-state index in [0.29, 0.717) is 12.2 Å². The maximum absolute atomic E-state index is 13.8. The summed E-state index contributed by atoms with van der Waals surface area (Å²) in [5, 5.41) is 11.7. The van der Waals surface area contributed by atoms with Crippen LogP contribution in [0.1, 0.15) is 24.4 Å². The predicted octanol–water partition coefficient (Wildman–Crippen LogP) is 3.07. The minimum Gasteiger partial charge on any atom is -0.494 e. The van der Waals surface area contributed by atoms with Crippen LogP contribution in [0.2, 0.25) is 0 Å². The average Bonchev–Trinajstić information content (AvgIpc) is 2.64. The molecule has 0 aliphatic rings. The molecular formula is C19H19F2NO5. The summed E-state index contributed by atoms with van der Waals surface area (Å²) in [5.74, 6) is -2.47. The van der Waals surface area contributed by atoms with Gasteiger partial charge in [0.2, 0.25) is 5.91 Å². The van der Waals surface area contributed by atoms with Crippen molar-refractivity contribution in [3.8, 4) is 11.5 Å². The van der Waals surface area contributed by atoms with Crippen molar-refractivity contribution in [2.75, 3.05) is 13.7 Å². The number of benzene rings is 2. The number of carboxylic acids is 1. The van der Waals surface area contributed by atoms with E-state index < -0.39 is 23.7 Å². The summed E-state index contributed by atoms with van der Waals surface area (Å²) >= 11 is 0. The van der Waals surface area contributed by atoms with Crippen LogP contribution in [0.3, 0.4) is 0 Å². The van der Waals surface area contributed by atoms with Crippen LogP contribution in [0.25, 0.3) is 0 Å². The zero-order valence-corrected chi connectivity index (χ0v) is 14.6. The molecule has 2 aromatic rings. The Bertz CT molecular complexity index is 795. The summed E-state index contributed by atoms with van der Waals surface area (Å²) in [7, 11) is 1.29. The van der Waals surface area contributed by atoms with E-state index in [9.17, 15) is 23.5 Å². The van der Waals surface area contributed by atoms with Crippen molar-refractivity contribution >= 4 is 11.9 Å². The SMILES string of the molecule is COc1ccc(C(NC(=O)CCCOc2ccc(F)cc2)C(=O)O)cc1F. The smallest absolute Gasteiger partial charge is 0.330 e. The van der Waals surface area contributed by atoms with Crippen LogP contribution < -0.4 is 14.8 Å². The van der Waals surface area contributed by atoms with Gasteiger partial charge < -0.3 is 19.9 Å². The van der Waals surface area contributed by atoms with Crippen LogP contribution in [0.4, 0.5) is 8.78 Å². The number of carbonyl (C=O) groups is 2. The molecule has 0 spiro atoms. The molecule has 2 N–H and O–H groups in total. The first kappa shape index (κ1) is 20.2. The van der Waals surface area contributed by atoms with Gasteiger partial charge >= 0.3 is 5.97 Å². The predicted molar refractivity (Wildman–Crippen MR) is 92.6 cm³/mol. The molecule has 1 amide bonds. The molecule has 0 aliphatic heterocycles. The van der Waals surface area contributed by atoms with Crippen molar-refractivity contribution in [2.24, 2.45) is 0 Å². The lowest BCUT2D eigenvalue weighted by Gasteiger charge is -2.16. The van der Waals surface area contributed by atoms with Gasteiger partial charge in [-0.2, -0.15) is 0 Å². The molecule has 2 aromatic carbocycles. The molecule has 144 valence electrons. The lowest BCUT2D eigenvalue weighted by Crippen LogP contribution is -2.33. The summed E-state index contributed by atoms with van der Waals surface area (Å²) in [6, 6.07) is 7.75. The zero-order valence-electron chi connectivity index (χ0n) is 14.6. The van der Waals surface area contributed by atoms with Crippen LogP contribution in [-0.4, -0.2) is 30.7 Å². The second-order valence-electron chi connectivity index (χ2n) is 5.64. The highest BCUT2D eigenvalue weighted by Gasteiger charge is 2.23. The van der Waals surface area contributed by atoms with Crippen molar-refractivity contribution in [1.29, 1.82) is 0 Å². The Kier molecular flexibility index (Phi) is 7.10. The van der Waals surface area contributed by atoms with Gasteiger partial charge in [0.1, 0.15) is 11.6 Å². The van der Waals surface area contributed by atoms with Crippen LogP contribution in [-0.2, 0) is 9.59 Å². The Balaban J connectivity index is 1.86. The topological polar surface area (TPSA) is 84.9 Å². The number of aliphatic carboxylic acids is 1. The standard InChI is InChI=1S/C19H19F2NO5/c1-26-16-9-4-12(11-15(16)21)18(19(24)25)22-17(23)3-2-10-27-14-7-5-13(20)6-8-14/h4-9,11,18H,2-3,10H2,1H3,(H,22,23)(H,24,25). The maximum Gasteiger partial charge on any atom is 0.330 e. The van der Waals surface area contributed by atoms with Gasteiger partial charge in [-0.25, -0.2) is 13.6 Å². The van der Waals surface area contributed by atoms with Gasteiger partial charge in [0.25, 0.3) is 0 Å². The minimum atomic E-state index is -1.38. The lowest BCUT2D eigenvalue weighted by atomic mass is 10.1. The van der Waals surface area contributed by atoms with Crippen LogP contribution in [0.15, 0.2) is 42.5 Å². The Hall–Kier alpha value is -3.16. The number of halogens is 2. The molecule has 1 unspecified atom stereocenters. The van der Waals surface area contributed by atoms with E-state index in [0.717, 1.165) is 6.07 Å². The lowest BCUT2D eigenvalue weighted by molar-refractivity contribution is -0.142. The average molecular weight is 379 g/mol. The number of carboxylic acid groups (broad SMARTS) is 1. The highest BCUT2D eigenvalue weighted by atomic mass is 19.1. The minimum absolute atomic E-state index is 0.0175. The van der Waals surface area contributed by atoms with Gasteiger partial charge in [-0.3, -0.25) is 4.79 Å². The van der Waals surface area contributed by atoms with E-state index in [-0.39, 0.29) is 30.2 Å². The third-order valence-electron chi connectivity index (χ3n) is 3.69. The van der Waals surface area contributed by atoms with E-state index in [1.54, 1.807) is 0 Å². The third kappa shape index (κ3) is 5.95. The van der Waals surface area contributed by atoms with Crippen LogP contribution in [0.5, 0.6) is 11.5 Å². The van der Waals surface area contributed by atoms with E-state index in [1.165, 1.54) is 43.5 Å². The normalized spacial score (nSPS) is 11.5. The largest absolute Gasteiger partial charge is 0.494 e. The molecule has 0 saturated carbocycles. The molecular weight excluding hydrogens is 360 g/mol. The molecule has 27 heavy (non-hydrogen) atoms. The van der Waals surface area contributed by atoms with Crippen molar-refractivity contribution in [1.82, 2.24) is 5.32 Å². The summed E-state index contributed by atoms with van der Waals surface area (Å²) in [4.78, 5) is 23.4. The molecule has 6 nitrogen and oxygen atoms in total. The molecule has 0 heterocycles. The number of hydrogen-bond donors (Lipinski definition) is 2. The van der Waals surface area contributed by atoms with Gasteiger partial charge in [0.05, 0.1) is 13.7 Å². The fraction of sp³-hybridized carbons (Fsp3) is 0.263. The summed E-state index contributed by atoms with van der Waals surface area (Å²) in [6.45, 7) is 0.202. The Morgan fingerprint density at radius 2 is 1.85 bits per heavy atom. The van der Waals surface area contributed by atoms with E-state index in [4.69, 9.17) is 9.47 Å². The quantitative estimate of drug-likeness (QED) is 0.654. The van der Waals surface area contributed by atoms with E-state index >= 15 is 0 Å². The van der Waals surface area contributed by atoms with Crippen LogP contribution >= 0.6 is 0 Å². The first-order chi connectivity index (χ1) is 12.9.